The van der Waals surface area contributed by atoms with E-state index in [4.69, 9.17) is 9.15 Å². The van der Waals surface area contributed by atoms with Crippen LogP contribution >= 0.6 is 0 Å². The van der Waals surface area contributed by atoms with Gasteiger partial charge in [0.1, 0.15) is 23.5 Å². The van der Waals surface area contributed by atoms with Crippen molar-refractivity contribution >= 4 is 11.9 Å². The number of halogens is 2. The first-order valence-corrected chi connectivity index (χ1v) is 7.36. The summed E-state index contributed by atoms with van der Waals surface area (Å²) in [5, 5.41) is 2.34. The number of hydrogen-bond acceptors (Lipinski definition) is 5. The summed E-state index contributed by atoms with van der Waals surface area (Å²) < 4.78 is 36.2. The molecule has 0 aliphatic heterocycles. The average molecular weight is 351 g/mol. The van der Waals surface area contributed by atoms with Crippen molar-refractivity contribution in [3.63, 3.8) is 0 Å². The molecule has 2 aromatic rings. The maximum absolute atomic E-state index is 13.5. The number of rotatable bonds is 5. The molecule has 1 aromatic heterocycles. The van der Waals surface area contributed by atoms with Crippen molar-refractivity contribution in [2.75, 3.05) is 6.61 Å². The van der Waals surface area contributed by atoms with Crippen LogP contribution < -0.4 is 10.7 Å². The van der Waals surface area contributed by atoms with Crippen LogP contribution in [0.1, 0.15) is 39.0 Å². The van der Waals surface area contributed by atoms with E-state index in [2.05, 4.69) is 5.32 Å². The van der Waals surface area contributed by atoms with Crippen molar-refractivity contribution < 1.29 is 27.5 Å². The molecule has 0 spiro atoms. The summed E-state index contributed by atoms with van der Waals surface area (Å²) in [6, 6.07) is 2.92. The summed E-state index contributed by atoms with van der Waals surface area (Å²) in [7, 11) is 0. The van der Waals surface area contributed by atoms with Gasteiger partial charge in [-0.15, -0.1) is 0 Å². The van der Waals surface area contributed by atoms with Crippen molar-refractivity contribution in [3.8, 4) is 0 Å². The summed E-state index contributed by atoms with van der Waals surface area (Å²) in [6.45, 7) is 2.78. The third kappa shape index (κ3) is 4.09. The lowest BCUT2D eigenvalue weighted by molar-refractivity contribution is 0.0484. The highest BCUT2D eigenvalue weighted by molar-refractivity contribution is 5.95. The molecule has 0 aliphatic rings. The van der Waals surface area contributed by atoms with E-state index in [1.807, 2.05) is 0 Å². The molecule has 0 saturated carbocycles. The van der Waals surface area contributed by atoms with Gasteiger partial charge in [-0.1, -0.05) is 6.07 Å². The van der Waals surface area contributed by atoms with Crippen molar-refractivity contribution in [3.05, 3.63) is 68.8 Å². The Kier molecular flexibility index (Phi) is 5.63. The molecule has 1 aromatic carbocycles. The Bertz CT molecular complexity index is 876. The summed E-state index contributed by atoms with van der Waals surface area (Å²) in [5.41, 5.74) is -1.06. The number of benzene rings is 1. The van der Waals surface area contributed by atoms with Crippen molar-refractivity contribution in [1.29, 1.82) is 0 Å². The van der Waals surface area contributed by atoms with Gasteiger partial charge < -0.3 is 14.5 Å². The smallest absolute Gasteiger partial charge is 0.374 e. The molecule has 2 rings (SSSR count). The zero-order chi connectivity index (χ0) is 18.6. The van der Waals surface area contributed by atoms with E-state index in [-0.39, 0.29) is 35.6 Å². The Morgan fingerprint density at radius 3 is 2.64 bits per heavy atom. The molecule has 0 unspecified atom stereocenters. The van der Waals surface area contributed by atoms with Crippen molar-refractivity contribution in [1.82, 2.24) is 5.32 Å². The fourth-order valence-electron chi connectivity index (χ4n) is 2.06. The zero-order valence-corrected chi connectivity index (χ0v) is 13.5. The molecule has 1 amide bonds. The molecule has 0 fully saturated rings. The van der Waals surface area contributed by atoms with Gasteiger partial charge in [-0.05, 0) is 19.9 Å². The number of hydrogen-bond donors (Lipinski definition) is 1. The predicted molar refractivity (Wildman–Crippen MR) is 83.2 cm³/mol. The van der Waals surface area contributed by atoms with E-state index >= 15 is 0 Å². The monoisotopic (exact) mass is 351 g/mol. The number of nitrogens with one attached hydrogen (secondary N) is 1. The maximum atomic E-state index is 13.5. The van der Waals surface area contributed by atoms with Crippen molar-refractivity contribution in [2.24, 2.45) is 0 Å². The van der Waals surface area contributed by atoms with E-state index in [1.165, 1.54) is 13.0 Å². The Hall–Kier alpha value is -3.03. The summed E-state index contributed by atoms with van der Waals surface area (Å²) >= 11 is 0. The van der Waals surface area contributed by atoms with Gasteiger partial charge >= 0.3 is 5.97 Å². The second-order valence-electron chi connectivity index (χ2n) is 5.07. The lowest BCUT2D eigenvalue weighted by Gasteiger charge is -2.08. The van der Waals surface area contributed by atoms with Gasteiger partial charge in [0.2, 0.25) is 11.2 Å². The average Bonchev–Trinajstić information content (AvgIpc) is 2.56. The SMILES string of the molecule is CCOC(=O)c1occ(C(=O)NCc2ccc(F)cc2F)c(=O)c1C. The molecule has 0 bridgehead atoms. The minimum absolute atomic E-state index is 0.0546. The molecule has 1 heterocycles. The lowest BCUT2D eigenvalue weighted by atomic mass is 10.1. The largest absolute Gasteiger partial charge is 0.460 e. The van der Waals surface area contributed by atoms with E-state index < -0.39 is 28.9 Å². The van der Waals surface area contributed by atoms with Crippen molar-refractivity contribution in [2.45, 2.75) is 20.4 Å². The van der Waals surface area contributed by atoms with Crippen LogP contribution in [-0.2, 0) is 11.3 Å². The molecular weight excluding hydrogens is 336 g/mol. The van der Waals surface area contributed by atoms with E-state index in [1.54, 1.807) is 6.92 Å². The summed E-state index contributed by atoms with van der Waals surface area (Å²) in [6.07, 6.45) is 0.845. The molecule has 8 heteroatoms. The molecular formula is C17H15F2NO5. The van der Waals surface area contributed by atoms with Crippen LogP contribution in [0.5, 0.6) is 0 Å². The van der Waals surface area contributed by atoms with Gasteiger partial charge in [-0.2, -0.15) is 0 Å². The van der Waals surface area contributed by atoms with Crippen LogP contribution in [0.3, 0.4) is 0 Å². The number of esters is 1. The maximum Gasteiger partial charge on any atom is 0.374 e. The van der Waals surface area contributed by atoms with Gasteiger partial charge in [0, 0.05) is 23.7 Å². The number of amides is 1. The number of carbonyl (C=O) groups excluding carboxylic acids is 2. The Balaban J connectivity index is 2.18. The zero-order valence-electron chi connectivity index (χ0n) is 13.5. The highest BCUT2D eigenvalue weighted by Crippen LogP contribution is 2.10. The van der Waals surface area contributed by atoms with Gasteiger partial charge in [0.05, 0.1) is 6.61 Å². The summed E-state index contributed by atoms with van der Waals surface area (Å²) in [4.78, 5) is 35.9. The quantitative estimate of drug-likeness (QED) is 0.836. The van der Waals surface area contributed by atoms with Crippen LogP contribution in [0.4, 0.5) is 8.78 Å². The fraction of sp³-hybridized carbons (Fsp3) is 0.235. The molecule has 1 N–H and O–H groups in total. The Labute approximate surface area is 141 Å². The highest BCUT2D eigenvalue weighted by Gasteiger charge is 2.21. The topological polar surface area (TPSA) is 85.6 Å². The minimum atomic E-state index is -0.818. The first kappa shape index (κ1) is 18.3. The van der Waals surface area contributed by atoms with Crippen LogP contribution in [0.25, 0.3) is 0 Å². The van der Waals surface area contributed by atoms with Gasteiger partial charge in [0.15, 0.2) is 0 Å². The minimum Gasteiger partial charge on any atom is -0.460 e. The Morgan fingerprint density at radius 2 is 2.00 bits per heavy atom. The van der Waals surface area contributed by atoms with Crippen LogP contribution in [0.2, 0.25) is 0 Å². The predicted octanol–water partition coefficient (Wildman–Crippen LogP) is 2.33. The lowest BCUT2D eigenvalue weighted by Crippen LogP contribution is -2.30. The van der Waals surface area contributed by atoms with E-state index in [9.17, 15) is 23.2 Å². The van der Waals surface area contributed by atoms with Gasteiger partial charge in [0.25, 0.3) is 5.91 Å². The normalized spacial score (nSPS) is 10.4. The van der Waals surface area contributed by atoms with Gasteiger partial charge in [-0.3, -0.25) is 9.59 Å². The Morgan fingerprint density at radius 1 is 1.28 bits per heavy atom. The van der Waals surface area contributed by atoms with E-state index in [0.717, 1.165) is 12.3 Å². The molecule has 25 heavy (non-hydrogen) atoms. The second-order valence-corrected chi connectivity index (χ2v) is 5.07. The number of ether oxygens (including phenoxy) is 1. The first-order chi connectivity index (χ1) is 11.8. The molecule has 6 nitrogen and oxygen atoms in total. The van der Waals surface area contributed by atoms with E-state index in [0.29, 0.717) is 6.07 Å². The second kappa shape index (κ2) is 7.69. The highest BCUT2D eigenvalue weighted by atomic mass is 19.1. The third-order valence-corrected chi connectivity index (χ3v) is 3.38. The number of carbonyl (C=O) groups is 2. The van der Waals surface area contributed by atoms with Crippen LogP contribution in [0, 0.1) is 18.6 Å². The molecule has 0 atom stereocenters. The first-order valence-electron chi connectivity index (χ1n) is 7.36. The van der Waals surface area contributed by atoms with Crippen LogP contribution in [0.15, 0.2) is 33.7 Å². The molecule has 0 aliphatic carbocycles. The fourth-order valence-corrected chi connectivity index (χ4v) is 2.06. The molecule has 0 saturated heterocycles. The van der Waals surface area contributed by atoms with Crippen LogP contribution in [-0.4, -0.2) is 18.5 Å². The molecule has 0 radical (unpaired) electrons. The summed E-state index contributed by atoms with van der Waals surface area (Å²) in [5.74, 6) is -3.46. The standard InChI is InChI=1S/C17H15F2NO5/c1-3-24-17(23)15-9(2)14(21)12(8-25-15)16(22)20-7-10-4-5-11(18)6-13(10)19/h4-6,8H,3,7H2,1-2H3,(H,20,22). The molecule has 132 valence electrons. The third-order valence-electron chi connectivity index (χ3n) is 3.38. The van der Waals surface area contributed by atoms with Gasteiger partial charge in [-0.25, -0.2) is 13.6 Å².